The zero-order valence-electron chi connectivity index (χ0n) is 10.2. The summed E-state index contributed by atoms with van der Waals surface area (Å²) in [5.41, 5.74) is 4.18. The second-order valence-electron chi connectivity index (χ2n) is 4.59. The Labute approximate surface area is 110 Å². The van der Waals surface area contributed by atoms with Crippen molar-refractivity contribution in [3.05, 3.63) is 29.6 Å². The number of carbonyl (C=O) groups excluding carboxylic acids is 2. The maximum atomic E-state index is 13.4. The molecule has 0 saturated carbocycles. The number of halogens is 1. The predicted octanol–water partition coefficient (Wildman–Crippen LogP) is 1.36. The summed E-state index contributed by atoms with van der Waals surface area (Å²) in [6.45, 7) is 3.24. The molecular formula is C12H15FN2O2S. The fourth-order valence-electron chi connectivity index (χ4n) is 1.17. The van der Waals surface area contributed by atoms with Gasteiger partial charge in [0.1, 0.15) is 5.82 Å². The van der Waals surface area contributed by atoms with Crippen molar-refractivity contribution >= 4 is 24.4 Å². The van der Waals surface area contributed by atoms with Crippen LogP contribution in [0.5, 0.6) is 0 Å². The molecule has 0 aliphatic heterocycles. The number of nitrogens with one attached hydrogen (secondary N) is 1. The summed E-state index contributed by atoms with van der Waals surface area (Å²) in [6, 6.07) is 3.93. The standard InChI is InChI=1S/C12H15FN2O2S/c1-12(2,11(14)17)6-15-10(16)8-5-7(18)3-4-9(8)13/h3-5,18H,6H2,1-2H3,(H2,14,17)(H,15,16). The first-order valence-corrected chi connectivity index (χ1v) is 5.75. The van der Waals surface area contributed by atoms with Crippen molar-refractivity contribution in [1.82, 2.24) is 5.32 Å². The molecule has 0 radical (unpaired) electrons. The number of amides is 2. The third-order valence-electron chi connectivity index (χ3n) is 2.55. The van der Waals surface area contributed by atoms with Crippen molar-refractivity contribution in [2.24, 2.45) is 11.1 Å². The highest BCUT2D eigenvalue weighted by molar-refractivity contribution is 7.80. The van der Waals surface area contributed by atoms with Crippen molar-refractivity contribution < 1.29 is 14.0 Å². The summed E-state index contributed by atoms with van der Waals surface area (Å²) in [4.78, 5) is 23.3. The molecule has 0 aliphatic carbocycles. The zero-order valence-corrected chi connectivity index (χ0v) is 11.1. The minimum Gasteiger partial charge on any atom is -0.369 e. The lowest BCUT2D eigenvalue weighted by Crippen LogP contribution is -2.42. The Morgan fingerprint density at radius 1 is 1.44 bits per heavy atom. The quantitative estimate of drug-likeness (QED) is 0.723. The second kappa shape index (κ2) is 5.39. The Balaban J connectivity index is 2.78. The van der Waals surface area contributed by atoms with Gasteiger partial charge in [-0.05, 0) is 32.0 Å². The summed E-state index contributed by atoms with van der Waals surface area (Å²) in [6.07, 6.45) is 0. The summed E-state index contributed by atoms with van der Waals surface area (Å²) in [7, 11) is 0. The summed E-state index contributed by atoms with van der Waals surface area (Å²) in [5.74, 6) is -1.77. The predicted molar refractivity (Wildman–Crippen MR) is 69.0 cm³/mol. The SMILES string of the molecule is CC(C)(CNC(=O)c1cc(S)ccc1F)C(N)=O. The number of carbonyl (C=O) groups is 2. The molecule has 98 valence electrons. The third-order valence-corrected chi connectivity index (χ3v) is 2.83. The number of benzene rings is 1. The maximum absolute atomic E-state index is 13.4. The normalized spacial score (nSPS) is 11.1. The minimum atomic E-state index is -0.884. The van der Waals surface area contributed by atoms with Crippen LogP contribution in [0.3, 0.4) is 0 Å². The van der Waals surface area contributed by atoms with Crippen LogP contribution in [0.25, 0.3) is 0 Å². The molecule has 6 heteroatoms. The number of primary amides is 1. The molecule has 18 heavy (non-hydrogen) atoms. The minimum absolute atomic E-state index is 0.0391. The lowest BCUT2D eigenvalue weighted by atomic mass is 9.92. The molecule has 0 atom stereocenters. The molecule has 0 spiro atoms. The highest BCUT2D eigenvalue weighted by Gasteiger charge is 2.26. The average molecular weight is 270 g/mol. The number of rotatable bonds is 4. The van der Waals surface area contributed by atoms with E-state index in [1.54, 1.807) is 13.8 Å². The number of thiol groups is 1. The van der Waals surface area contributed by atoms with Crippen LogP contribution < -0.4 is 11.1 Å². The van der Waals surface area contributed by atoms with E-state index < -0.39 is 23.0 Å². The van der Waals surface area contributed by atoms with Gasteiger partial charge in [-0.1, -0.05) is 0 Å². The number of hydrogen-bond acceptors (Lipinski definition) is 3. The highest BCUT2D eigenvalue weighted by atomic mass is 32.1. The average Bonchev–Trinajstić information content (AvgIpc) is 2.29. The smallest absolute Gasteiger partial charge is 0.254 e. The molecule has 2 amide bonds. The molecule has 0 aromatic heterocycles. The lowest BCUT2D eigenvalue weighted by molar-refractivity contribution is -0.125. The van der Waals surface area contributed by atoms with Crippen molar-refractivity contribution in [3.8, 4) is 0 Å². The molecule has 0 bridgehead atoms. The van der Waals surface area contributed by atoms with E-state index in [1.807, 2.05) is 0 Å². The summed E-state index contributed by atoms with van der Waals surface area (Å²) in [5, 5.41) is 2.47. The van der Waals surface area contributed by atoms with E-state index in [-0.39, 0.29) is 12.1 Å². The highest BCUT2D eigenvalue weighted by Crippen LogP contribution is 2.15. The molecule has 4 nitrogen and oxygen atoms in total. The van der Waals surface area contributed by atoms with Crippen LogP contribution in [-0.2, 0) is 4.79 Å². The Kier molecular flexibility index (Phi) is 4.34. The molecule has 0 heterocycles. The Bertz CT molecular complexity index is 489. The molecule has 0 unspecified atom stereocenters. The summed E-state index contributed by atoms with van der Waals surface area (Å²) < 4.78 is 13.4. The first kappa shape index (κ1) is 14.5. The topological polar surface area (TPSA) is 72.2 Å². The van der Waals surface area contributed by atoms with Crippen molar-refractivity contribution in [2.75, 3.05) is 6.54 Å². The molecule has 3 N–H and O–H groups in total. The maximum Gasteiger partial charge on any atom is 0.254 e. The van der Waals surface area contributed by atoms with Gasteiger partial charge in [0.15, 0.2) is 0 Å². The van der Waals surface area contributed by atoms with Crippen LogP contribution in [0.4, 0.5) is 4.39 Å². The van der Waals surface area contributed by atoms with Gasteiger partial charge in [-0.2, -0.15) is 0 Å². The van der Waals surface area contributed by atoms with Gasteiger partial charge in [0, 0.05) is 11.4 Å². The molecule has 1 rings (SSSR count). The molecule has 0 aliphatic rings. The van der Waals surface area contributed by atoms with Gasteiger partial charge in [-0.25, -0.2) is 4.39 Å². The summed E-state index contributed by atoms with van der Waals surface area (Å²) >= 11 is 4.03. The number of nitrogens with two attached hydrogens (primary N) is 1. The Morgan fingerprint density at radius 2 is 2.06 bits per heavy atom. The van der Waals surface area contributed by atoms with Crippen molar-refractivity contribution in [2.45, 2.75) is 18.7 Å². The van der Waals surface area contributed by atoms with E-state index in [1.165, 1.54) is 12.1 Å². The zero-order chi connectivity index (χ0) is 13.9. The van der Waals surface area contributed by atoms with Crippen LogP contribution >= 0.6 is 12.6 Å². The van der Waals surface area contributed by atoms with E-state index >= 15 is 0 Å². The first-order valence-electron chi connectivity index (χ1n) is 5.30. The van der Waals surface area contributed by atoms with E-state index in [2.05, 4.69) is 17.9 Å². The van der Waals surface area contributed by atoms with E-state index in [0.717, 1.165) is 6.07 Å². The monoisotopic (exact) mass is 270 g/mol. The van der Waals surface area contributed by atoms with Crippen molar-refractivity contribution in [3.63, 3.8) is 0 Å². The van der Waals surface area contributed by atoms with Gasteiger partial charge in [0.25, 0.3) is 5.91 Å². The molecule has 0 saturated heterocycles. The van der Waals surface area contributed by atoms with Gasteiger partial charge in [-0.15, -0.1) is 12.6 Å². The van der Waals surface area contributed by atoms with E-state index in [9.17, 15) is 14.0 Å². The Morgan fingerprint density at radius 3 is 2.61 bits per heavy atom. The van der Waals surface area contributed by atoms with Gasteiger partial charge >= 0.3 is 0 Å². The fraction of sp³-hybridized carbons (Fsp3) is 0.333. The van der Waals surface area contributed by atoms with Gasteiger partial charge in [0.2, 0.25) is 5.91 Å². The van der Waals surface area contributed by atoms with Crippen molar-refractivity contribution in [1.29, 1.82) is 0 Å². The second-order valence-corrected chi connectivity index (χ2v) is 5.11. The van der Waals surface area contributed by atoms with E-state index in [4.69, 9.17) is 5.73 Å². The van der Waals surface area contributed by atoms with Crippen LogP contribution in [-0.4, -0.2) is 18.4 Å². The van der Waals surface area contributed by atoms with Crippen LogP contribution in [0.2, 0.25) is 0 Å². The third kappa shape index (κ3) is 3.46. The van der Waals surface area contributed by atoms with Crippen LogP contribution in [0, 0.1) is 11.2 Å². The molecule has 1 aromatic rings. The van der Waals surface area contributed by atoms with E-state index in [0.29, 0.717) is 4.90 Å². The van der Waals surface area contributed by atoms with Gasteiger partial charge < -0.3 is 11.1 Å². The van der Waals surface area contributed by atoms with Gasteiger partial charge in [-0.3, -0.25) is 9.59 Å². The first-order chi connectivity index (χ1) is 8.24. The van der Waals surface area contributed by atoms with Crippen LogP contribution in [0.15, 0.2) is 23.1 Å². The fourth-order valence-corrected chi connectivity index (χ4v) is 1.37. The lowest BCUT2D eigenvalue weighted by Gasteiger charge is -2.20. The molecular weight excluding hydrogens is 255 g/mol. The largest absolute Gasteiger partial charge is 0.369 e. The molecule has 0 fully saturated rings. The number of hydrogen-bond donors (Lipinski definition) is 3. The van der Waals surface area contributed by atoms with Crippen LogP contribution in [0.1, 0.15) is 24.2 Å². The molecule has 1 aromatic carbocycles. The van der Waals surface area contributed by atoms with Gasteiger partial charge in [0.05, 0.1) is 11.0 Å². The Hall–Kier alpha value is -1.56.